The van der Waals surface area contributed by atoms with Crippen molar-refractivity contribution in [2.75, 3.05) is 26.7 Å². The number of amides is 1. The molecule has 0 aliphatic carbocycles. The zero-order chi connectivity index (χ0) is 21.8. The summed E-state index contributed by atoms with van der Waals surface area (Å²) >= 11 is 0. The maximum Gasteiger partial charge on any atom is 0.308 e. The minimum Gasteiger partial charge on any atom is -0.489 e. The number of aliphatic carboxylic acids is 1. The molecule has 1 N–H and O–H groups in total. The van der Waals surface area contributed by atoms with Crippen LogP contribution in [0.4, 0.5) is 0 Å². The highest BCUT2D eigenvalue weighted by atomic mass is 16.5. The monoisotopic (exact) mass is 421 g/mol. The average molecular weight is 421 g/mol. The molecule has 0 bridgehead atoms. The Morgan fingerprint density at radius 3 is 2.52 bits per heavy atom. The van der Waals surface area contributed by atoms with Crippen LogP contribution in [0.25, 0.3) is 5.57 Å². The number of likely N-dealkylation sites (N-methyl/N-ethyl adjacent to an activating group) is 1. The normalized spacial score (nSPS) is 24.4. The van der Waals surface area contributed by atoms with E-state index in [9.17, 15) is 14.7 Å². The Morgan fingerprint density at radius 1 is 1.13 bits per heavy atom. The molecule has 0 radical (unpaired) electrons. The number of piperidine rings is 1. The Labute approximate surface area is 182 Å². The quantitative estimate of drug-likeness (QED) is 0.799. The molecule has 7 heteroatoms. The van der Waals surface area contributed by atoms with Crippen LogP contribution in [0.1, 0.15) is 18.4 Å². The summed E-state index contributed by atoms with van der Waals surface area (Å²) in [4.78, 5) is 33.0. The Morgan fingerprint density at radius 2 is 1.87 bits per heavy atom. The van der Waals surface area contributed by atoms with Gasteiger partial charge in [-0.3, -0.25) is 19.5 Å². The van der Waals surface area contributed by atoms with E-state index < -0.39 is 17.9 Å². The fourth-order valence-electron chi connectivity index (χ4n) is 4.49. The van der Waals surface area contributed by atoms with Crippen LogP contribution in [0, 0.1) is 5.92 Å². The van der Waals surface area contributed by atoms with E-state index in [-0.39, 0.29) is 18.4 Å². The molecular weight excluding hydrogens is 394 g/mol. The van der Waals surface area contributed by atoms with Crippen molar-refractivity contribution >= 4 is 17.4 Å². The van der Waals surface area contributed by atoms with Crippen molar-refractivity contribution in [1.82, 2.24) is 14.8 Å². The van der Waals surface area contributed by atoms with Crippen molar-refractivity contribution in [2.45, 2.75) is 25.0 Å². The third-order valence-electron chi connectivity index (χ3n) is 6.05. The molecular formula is C24H27N3O4. The standard InChI is InChI=1S/C24H27N3O4/c1-26-16-20(31-19-7-11-25-12-8-19)15-21(24(29)30)22(26)23(28)27-13-9-18(10-14-27)17-5-3-2-4-6-17/h2-9,11-12,20-22H,10,13-16H2,1H3,(H,29,30). The number of carboxylic acids is 1. The first kappa shape index (κ1) is 21.1. The van der Waals surface area contributed by atoms with Crippen molar-refractivity contribution < 1.29 is 19.4 Å². The lowest BCUT2D eigenvalue weighted by atomic mass is 9.86. The second kappa shape index (κ2) is 9.31. The van der Waals surface area contributed by atoms with E-state index in [1.807, 2.05) is 23.1 Å². The first-order valence-corrected chi connectivity index (χ1v) is 10.6. The van der Waals surface area contributed by atoms with Crippen LogP contribution in [-0.2, 0) is 9.59 Å². The highest BCUT2D eigenvalue weighted by Crippen LogP contribution is 2.29. The van der Waals surface area contributed by atoms with Gasteiger partial charge in [-0.05, 0) is 36.7 Å². The summed E-state index contributed by atoms with van der Waals surface area (Å²) in [6, 6.07) is 12.9. The van der Waals surface area contributed by atoms with Gasteiger partial charge in [-0.2, -0.15) is 0 Å². The van der Waals surface area contributed by atoms with Crippen LogP contribution in [-0.4, -0.2) is 70.6 Å². The van der Waals surface area contributed by atoms with Gasteiger partial charge < -0.3 is 14.7 Å². The Balaban J connectivity index is 1.45. The minimum atomic E-state index is -0.967. The number of carboxylic acid groups (broad SMARTS) is 1. The molecule has 1 aromatic carbocycles. The molecule has 162 valence electrons. The number of benzene rings is 1. The maximum absolute atomic E-state index is 13.3. The van der Waals surface area contributed by atoms with E-state index in [4.69, 9.17) is 4.74 Å². The largest absolute Gasteiger partial charge is 0.489 e. The lowest BCUT2D eigenvalue weighted by Crippen LogP contribution is -2.59. The van der Waals surface area contributed by atoms with Gasteiger partial charge >= 0.3 is 5.97 Å². The molecule has 3 unspecified atom stereocenters. The number of nitrogens with zero attached hydrogens (tertiary/aromatic N) is 3. The number of pyridine rings is 1. The van der Waals surface area contributed by atoms with Gasteiger partial charge in [0.2, 0.25) is 5.91 Å². The number of hydrogen-bond donors (Lipinski definition) is 1. The van der Waals surface area contributed by atoms with E-state index in [1.54, 1.807) is 36.5 Å². The highest BCUT2D eigenvalue weighted by Gasteiger charge is 2.45. The van der Waals surface area contributed by atoms with Gasteiger partial charge in [0.1, 0.15) is 17.9 Å². The number of ether oxygens (including phenoxy) is 1. The van der Waals surface area contributed by atoms with Crippen molar-refractivity contribution in [1.29, 1.82) is 0 Å². The van der Waals surface area contributed by atoms with Crippen molar-refractivity contribution in [2.24, 2.45) is 5.92 Å². The average Bonchev–Trinajstić information content (AvgIpc) is 2.79. The number of carbonyl (C=O) groups excluding carboxylic acids is 1. The molecule has 1 aromatic heterocycles. The van der Waals surface area contributed by atoms with Crippen LogP contribution in [0.3, 0.4) is 0 Å². The van der Waals surface area contributed by atoms with E-state index >= 15 is 0 Å². The third kappa shape index (κ3) is 4.77. The molecule has 2 aromatic rings. The van der Waals surface area contributed by atoms with E-state index in [2.05, 4.69) is 23.2 Å². The third-order valence-corrected chi connectivity index (χ3v) is 6.05. The zero-order valence-corrected chi connectivity index (χ0v) is 17.6. The van der Waals surface area contributed by atoms with Crippen LogP contribution in [0.5, 0.6) is 5.75 Å². The molecule has 7 nitrogen and oxygen atoms in total. The van der Waals surface area contributed by atoms with Crippen molar-refractivity contribution in [3.05, 3.63) is 66.5 Å². The minimum absolute atomic E-state index is 0.124. The summed E-state index contributed by atoms with van der Waals surface area (Å²) in [7, 11) is 1.80. The van der Waals surface area contributed by atoms with Crippen LogP contribution in [0.15, 0.2) is 60.9 Å². The van der Waals surface area contributed by atoms with Gasteiger partial charge in [0, 0.05) is 38.4 Å². The van der Waals surface area contributed by atoms with Gasteiger partial charge in [0.05, 0.1) is 5.92 Å². The lowest BCUT2D eigenvalue weighted by molar-refractivity contribution is -0.156. The molecule has 31 heavy (non-hydrogen) atoms. The number of rotatable bonds is 5. The van der Waals surface area contributed by atoms with Gasteiger partial charge in [-0.1, -0.05) is 36.4 Å². The fraction of sp³-hybridized carbons (Fsp3) is 0.375. The topological polar surface area (TPSA) is 83.0 Å². The summed E-state index contributed by atoms with van der Waals surface area (Å²) in [5.74, 6) is -1.26. The highest BCUT2D eigenvalue weighted by molar-refractivity contribution is 5.88. The molecule has 3 heterocycles. The van der Waals surface area contributed by atoms with Crippen LogP contribution >= 0.6 is 0 Å². The first-order chi connectivity index (χ1) is 15.0. The molecule has 1 fully saturated rings. The van der Waals surface area contributed by atoms with E-state index in [1.165, 1.54) is 11.1 Å². The van der Waals surface area contributed by atoms with Crippen molar-refractivity contribution in [3.63, 3.8) is 0 Å². The summed E-state index contributed by atoms with van der Waals surface area (Å²) in [6.45, 7) is 1.57. The van der Waals surface area contributed by atoms with Gasteiger partial charge in [0.15, 0.2) is 0 Å². The molecule has 4 rings (SSSR count). The van der Waals surface area contributed by atoms with Gasteiger partial charge in [-0.15, -0.1) is 0 Å². The molecule has 0 spiro atoms. The first-order valence-electron chi connectivity index (χ1n) is 10.6. The van der Waals surface area contributed by atoms with Gasteiger partial charge in [0.25, 0.3) is 0 Å². The Kier molecular flexibility index (Phi) is 6.32. The predicted molar refractivity (Wildman–Crippen MR) is 116 cm³/mol. The van der Waals surface area contributed by atoms with E-state index in [0.29, 0.717) is 25.4 Å². The smallest absolute Gasteiger partial charge is 0.308 e. The number of aromatic nitrogens is 1. The summed E-state index contributed by atoms with van der Waals surface area (Å²) in [5, 5.41) is 9.87. The summed E-state index contributed by atoms with van der Waals surface area (Å²) in [5.41, 5.74) is 2.39. The SMILES string of the molecule is CN1CC(Oc2ccncc2)CC(C(=O)O)C1C(=O)N1CC=C(c2ccccc2)CC1. The molecule has 1 amide bonds. The van der Waals surface area contributed by atoms with Crippen LogP contribution < -0.4 is 4.74 Å². The maximum atomic E-state index is 13.3. The van der Waals surface area contributed by atoms with Crippen molar-refractivity contribution in [3.8, 4) is 5.75 Å². The molecule has 0 saturated carbocycles. The summed E-state index contributed by atoms with van der Waals surface area (Å²) < 4.78 is 5.96. The van der Waals surface area contributed by atoms with Crippen LogP contribution in [0.2, 0.25) is 0 Å². The lowest BCUT2D eigenvalue weighted by Gasteiger charge is -2.42. The molecule has 3 atom stereocenters. The zero-order valence-electron chi connectivity index (χ0n) is 17.6. The fourth-order valence-corrected chi connectivity index (χ4v) is 4.49. The number of carbonyl (C=O) groups is 2. The Bertz CT molecular complexity index is 948. The number of likely N-dealkylation sites (tertiary alicyclic amines) is 1. The van der Waals surface area contributed by atoms with E-state index in [0.717, 1.165) is 6.42 Å². The molecule has 2 aliphatic heterocycles. The summed E-state index contributed by atoms with van der Waals surface area (Å²) in [6.07, 6.45) is 6.09. The Hall–Kier alpha value is -3.19. The second-order valence-electron chi connectivity index (χ2n) is 8.12. The second-order valence-corrected chi connectivity index (χ2v) is 8.12. The molecule has 1 saturated heterocycles. The number of hydrogen-bond acceptors (Lipinski definition) is 5. The van der Waals surface area contributed by atoms with Gasteiger partial charge in [-0.25, -0.2) is 0 Å². The predicted octanol–water partition coefficient (Wildman–Crippen LogP) is 2.55. The molecule has 2 aliphatic rings.